The number of hydrogen-bond acceptors (Lipinski definition) is 4. The average molecular weight is 303 g/mol. The fraction of sp³-hybridized carbons (Fsp3) is 0.769. The number of piperazine rings is 1. The summed E-state index contributed by atoms with van der Waals surface area (Å²) in [4.78, 5) is 4.67. The molecule has 3 rings (SSSR count). The van der Waals surface area contributed by atoms with E-state index in [1.165, 1.54) is 0 Å². The number of aromatic amines is 1. The molecule has 8 heteroatoms. The Morgan fingerprint density at radius 3 is 2.67 bits per heavy atom. The summed E-state index contributed by atoms with van der Waals surface area (Å²) in [7, 11) is 0. The molecule has 2 saturated heterocycles. The van der Waals surface area contributed by atoms with Gasteiger partial charge in [-0.05, 0) is 12.5 Å². The van der Waals surface area contributed by atoms with Crippen LogP contribution in [0.5, 0.6) is 0 Å². The molecule has 0 saturated carbocycles. The highest BCUT2D eigenvalue weighted by molar-refractivity contribution is 5.11. The molecule has 1 aromatic rings. The lowest BCUT2D eigenvalue weighted by Gasteiger charge is -2.32. The van der Waals surface area contributed by atoms with Crippen LogP contribution in [0.2, 0.25) is 0 Å². The van der Waals surface area contributed by atoms with E-state index in [-0.39, 0.29) is 0 Å². The number of alkyl halides is 3. The number of halogens is 3. The average Bonchev–Trinajstić information content (AvgIpc) is 3.09. The van der Waals surface area contributed by atoms with Gasteiger partial charge in [0.2, 0.25) is 0 Å². The van der Waals surface area contributed by atoms with E-state index in [1.54, 1.807) is 0 Å². The standard InChI is InChI=1S/C13H20F3N5/c14-13(15,16)12-7-10(18-19-12)8-20-4-1-11(9-20)21-5-2-17-3-6-21/h7,11,17H,1-6,8-9H2,(H,18,19). The minimum atomic E-state index is -4.37. The predicted molar refractivity (Wildman–Crippen MR) is 71.7 cm³/mol. The Balaban J connectivity index is 1.53. The highest BCUT2D eigenvalue weighted by Gasteiger charge is 2.34. The van der Waals surface area contributed by atoms with Gasteiger partial charge in [-0.2, -0.15) is 18.3 Å². The lowest BCUT2D eigenvalue weighted by molar-refractivity contribution is -0.141. The molecule has 2 aliphatic rings. The van der Waals surface area contributed by atoms with Crippen molar-refractivity contribution in [3.8, 4) is 0 Å². The molecule has 2 aliphatic heterocycles. The van der Waals surface area contributed by atoms with Gasteiger partial charge in [0.1, 0.15) is 0 Å². The largest absolute Gasteiger partial charge is 0.435 e. The summed E-state index contributed by atoms with van der Waals surface area (Å²) in [5.74, 6) is 0. The molecule has 118 valence electrons. The van der Waals surface area contributed by atoms with Crippen molar-refractivity contribution in [1.29, 1.82) is 0 Å². The molecule has 0 bridgehead atoms. The topological polar surface area (TPSA) is 47.2 Å². The van der Waals surface area contributed by atoms with Crippen LogP contribution in [0.3, 0.4) is 0 Å². The van der Waals surface area contributed by atoms with Crippen LogP contribution in [0.15, 0.2) is 6.07 Å². The van der Waals surface area contributed by atoms with Gasteiger partial charge in [-0.1, -0.05) is 0 Å². The number of nitrogens with one attached hydrogen (secondary N) is 2. The first kappa shape index (κ1) is 14.8. The number of hydrogen-bond donors (Lipinski definition) is 2. The quantitative estimate of drug-likeness (QED) is 0.871. The van der Waals surface area contributed by atoms with E-state index in [4.69, 9.17) is 0 Å². The third-order valence-electron chi connectivity index (χ3n) is 4.23. The number of nitrogens with zero attached hydrogens (tertiary/aromatic N) is 3. The summed E-state index contributed by atoms with van der Waals surface area (Å²) < 4.78 is 37.5. The smallest absolute Gasteiger partial charge is 0.314 e. The molecule has 2 N–H and O–H groups in total. The molecular weight excluding hydrogens is 283 g/mol. The Morgan fingerprint density at radius 1 is 1.24 bits per heavy atom. The molecule has 21 heavy (non-hydrogen) atoms. The first-order chi connectivity index (χ1) is 10.0. The number of aromatic nitrogens is 2. The maximum absolute atomic E-state index is 12.5. The molecule has 1 unspecified atom stereocenters. The molecule has 5 nitrogen and oxygen atoms in total. The third-order valence-corrected chi connectivity index (χ3v) is 4.23. The Hall–Kier alpha value is -1.12. The van der Waals surface area contributed by atoms with Crippen LogP contribution >= 0.6 is 0 Å². The zero-order valence-corrected chi connectivity index (χ0v) is 11.8. The number of likely N-dealkylation sites (tertiary alicyclic amines) is 1. The van der Waals surface area contributed by atoms with E-state index in [9.17, 15) is 13.2 Å². The van der Waals surface area contributed by atoms with Gasteiger partial charge in [0.15, 0.2) is 5.69 Å². The van der Waals surface area contributed by atoms with E-state index < -0.39 is 11.9 Å². The number of H-pyrrole nitrogens is 1. The van der Waals surface area contributed by atoms with Crippen molar-refractivity contribution in [3.63, 3.8) is 0 Å². The first-order valence-electron chi connectivity index (χ1n) is 7.31. The summed E-state index contributed by atoms with van der Waals surface area (Å²) in [6.07, 6.45) is -3.29. The molecule has 1 aromatic heterocycles. The van der Waals surface area contributed by atoms with Crippen LogP contribution in [0, 0.1) is 0 Å². The highest BCUT2D eigenvalue weighted by Crippen LogP contribution is 2.28. The molecule has 2 fully saturated rings. The zero-order chi connectivity index (χ0) is 14.9. The molecule has 0 spiro atoms. The second-order valence-electron chi connectivity index (χ2n) is 5.74. The normalized spacial score (nSPS) is 25.6. The van der Waals surface area contributed by atoms with Crippen molar-refractivity contribution < 1.29 is 13.2 Å². The van der Waals surface area contributed by atoms with Crippen LogP contribution in [0.1, 0.15) is 17.8 Å². The van der Waals surface area contributed by atoms with Crippen molar-refractivity contribution in [3.05, 3.63) is 17.5 Å². The minimum Gasteiger partial charge on any atom is -0.314 e. The van der Waals surface area contributed by atoms with Gasteiger partial charge in [-0.15, -0.1) is 0 Å². The SMILES string of the molecule is FC(F)(F)c1cc(CN2CCC(N3CCNCC3)C2)[nH]n1. The van der Waals surface area contributed by atoms with Crippen LogP contribution in [0.4, 0.5) is 13.2 Å². The van der Waals surface area contributed by atoms with Gasteiger partial charge >= 0.3 is 6.18 Å². The Kier molecular flexibility index (Phi) is 4.19. The van der Waals surface area contributed by atoms with Gasteiger partial charge in [0.25, 0.3) is 0 Å². The Bertz CT molecular complexity index is 467. The number of rotatable bonds is 3. The van der Waals surface area contributed by atoms with Crippen molar-refractivity contribution in [2.45, 2.75) is 25.2 Å². The minimum absolute atomic E-state index is 0.506. The first-order valence-corrected chi connectivity index (χ1v) is 7.31. The molecule has 3 heterocycles. The molecule has 0 amide bonds. The fourth-order valence-electron chi connectivity index (χ4n) is 3.13. The second kappa shape index (κ2) is 5.94. The summed E-state index contributed by atoms with van der Waals surface area (Å²) in [6.45, 7) is 6.50. The Labute approximate surface area is 121 Å². The van der Waals surface area contributed by atoms with Crippen molar-refractivity contribution in [1.82, 2.24) is 25.3 Å². The van der Waals surface area contributed by atoms with E-state index in [1.807, 2.05) is 0 Å². The van der Waals surface area contributed by atoms with E-state index >= 15 is 0 Å². The van der Waals surface area contributed by atoms with E-state index in [2.05, 4.69) is 25.3 Å². The fourth-order valence-corrected chi connectivity index (χ4v) is 3.13. The summed E-state index contributed by atoms with van der Waals surface area (Å²) in [5, 5.41) is 9.17. The van der Waals surface area contributed by atoms with Gasteiger partial charge in [-0.3, -0.25) is 14.9 Å². The maximum Gasteiger partial charge on any atom is 0.435 e. The van der Waals surface area contributed by atoms with Gasteiger partial charge in [-0.25, -0.2) is 0 Å². The summed E-state index contributed by atoms with van der Waals surface area (Å²) in [5.41, 5.74) is -0.307. The highest BCUT2D eigenvalue weighted by atomic mass is 19.4. The molecule has 0 aliphatic carbocycles. The third kappa shape index (κ3) is 3.56. The van der Waals surface area contributed by atoms with Crippen molar-refractivity contribution in [2.24, 2.45) is 0 Å². The van der Waals surface area contributed by atoms with Crippen LogP contribution in [0.25, 0.3) is 0 Å². The van der Waals surface area contributed by atoms with Crippen molar-refractivity contribution >= 4 is 0 Å². The maximum atomic E-state index is 12.5. The monoisotopic (exact) mass is 303 g/mol. The second-order valence-corrected chi connectivity index (χ2v) is 5.74. The van der Waals surface area contributed by atoms with E-state index in [0.717, 1.165) is 51.8 Å². The Morgan fingerprint density at radius 2 is 2.00 bits per heavy atom. The molecular formula is C13H20F3N5. The van der Waals surface area contributed by atoms with Crippen LogP contribution in [-0.2, 0) is 12.7 Å². The lowest BCUT2D eigenvalue weighted by atomic mass is 10.2. The van der Waals surface area contributed by atoms with Gasteiger partial charge in [0.05, 0.1) is 0 Å². The van der Waals surface area contributed by atoms with Crippen LogP contribution in [-0.4, -0.2) is 65.3 Å². The zero-order valence-electron chi connectivity index (χ0n) is 11.8. The lowest BCUT2D eigenvalue weighted by Crippen LogP contribution is -2.49. The summed E-state index contributed by atoms with van der Waals surface area (Å²) >= 11 is 0. The van der Waals surface area contributed by atoms with Crippen molar-refractivity contribution in [2.75, 3.05) is 39.3 Å². The van der Waals surface area contributed by atoms with Crippen LogP contribution < -0.4 is 5.32 Å². The molecule has 0 radical (unpaired) electrons. The van der Waals surface area contributed by atoms with E-state index in [0.29, 0.717) is 18.3 Å². The summed E-state index contributed by atoms with van der Waals surface area (Å²) in [6, 6.07) is 1.63. The van der Waals surface area contributed by atoms with Gasteiger partial charge < -0.3 is 5.32 Å². The molecule has 1 atom stereocenters. The predicted octanol–water partition coefficient (Wildman–Crippen LogP) is 0.908. The molecule has 0 aromatic carbocycles. The van der Waals surface area contributed by atoms with Gasteiger partial charge in [0, 0.05) is 57.5 Å².